The smallest absolute Gasteiger partial charge is 0.457 e. The third kappa shape index (κ3) is 25.6. The molecule has 2 N–H and O–H groups in total. The first-order chi connectivity index (χ1) is 17.6. The van der Waals surface area contributed by atoms with E-state index in [0.29, 0.717) is 17.4 Å². The van der Waals surface area contributed by atoms with Gasteiger partial charge in [0.15, 0.2) is 0 Å². The van der Waals surface area contributed by atoms with Gasteiger partial charge >= 0.3 is 13.8 Å². The number of likely N-dealkylation sites (N-methyl/N-ethyl adjacent to an activating group) is 1. The molecule has 0 saturated carbocycles. The molecule has 2 atom stereocenters. The van der Waals surface area contributed by atoms with Gasteiger partial charge in [0, 0.05) is 6.42 Å². The van der Waals surface area contributed by atoms with Gasteiger partial charge in [0.1, 0.15) is 19.3 Å². The number of unbranched alkanes of at least 4 members (excludes halogenated alkanes) is 1. The number of aliphatic hydroxyl groups is 1. The molecule has 0 aromatic rings. The number of phosphoric acid groups is 1. The van der Waals surface area contributed by atoms with Gasteiger partial charge in [0.05, 0.1) is 34.4 Å². The van der Waals surface area contributed by atoms with Crippen LogP contribution >= 0.6 is 7.82 Å². The number of nitrogens with zero attached hydrogens (tertiary/aromatic N) is 1. The fourth-order valence-electron chi connectivity index (χ4n) is 2.75. The number of carbonyl (C=O) groups is 1. The normalized spacial score (nSPS) is 15.5. The molecule has 9 heteroatoms. The van der Waals surface area contributed by atoms with Crippen LogP contribution in [0.2, 0.25) is 0 Å². The Bertz CT molecular complexity index is 782. The molecule has 0 rings (SSSR count). The molecule has 0 fully saturated rings. The molecule has 0 aromatic carbocycles. The second-order valence-corrected chi connectivity index (χ2v) is 11.0. The van der Waals surface area contributed by atoms with Crippen LogP contribution < -0.4 is 0 Å². The van der Waals surface area contributed by atoms with Crippen molar-refractivity contribution in [2.24, 2.45) is 0 Å². The fourth-order valence-corrected chi connectivity index (χ4v) is 3.49. The van der Waals surface area contributed by atoms with Gasteiger partial charge in [-0.2, -0.15) is 0 Å². The highest BCUT2D eigenvalue weighted by Crippen LogP contribution is 2.43. The number of hydrogen-bond acceptors (Lipinski definition) is 6. The molecule has 0 aromatic heterocycles. The summed E-state index contributed by atoms with van der Waals surface area (Å²) in [5, 5.41) is 9.38. The Hall–Kier alpha value is -1.80. The van der Waals surface area contributed by atoms with Crippen LogP contribution in [0, 0.1) is 0 Å². The van der Waals surface area contributed by atoms with Crippen LogP contribution in [0.5, 0.6) is 0 Å². The summed E-state index contributed by atoms with van der Waals surface area (Å²) in [4.78, 5) is 21.7. The average molecular weight is 543 g/mol. The van der Waals surface area contributed by atoms with Crippen molar-refractivity contribution in [2.75, 3.05) is 47.5 Å². The van der Waals surface area contributed by atoms with Crippen LogP contribution in [0.1, 0.15) is 58.3 Å². The van der Waals surface area contributed by atoms with Crippen LogP contribution in [-0.2, 0) is 23.1 Å². The van der Waals surface area contributed by atoms with E-state index in [2.05, 4.69) is 61.6 Å². The van der Waals surface area contributed by atoms with Crippen molar-refractivity contribution in [1.82, 2.24) is 0 Å². The standard InChI is InChI=1S/C28H48NO7P/c1-5-6-7-8-9-10-11-12-13-14-15-16-17-18-19-20-21-22-28(31)36-27(25-30)26-35-37(32,33)34-24-23-29(2,3)4/h6-7,9-10,12-13,15-16,18-19,27,30H,5,8,11,14,17,20-26H2,1-4H3/p+1/b7-6-,10-9-,13-12-,16-15-,19-18-/t27-/m1/s1. The van der Waals surface area contributed by atoms with Gasteiger partial charge in [-0.1, -0.05) is 67.7 Å². The van der Waals surface area contributed by atoms with E-state index in [1.165, 1.54) is 0 Å². The molecule has 8 nitrogen and oxygen atoms in total. The first-order valence-corrected chi connectivity index (χ1v) is 14.6. The summed E-state index contributed by atoms with van der Waals surface area (Å²) in [5.74, 6) is -0.492. The SMILES string of the molecule is CC/C=C\C/C=C\C/C=C\C/C=C\C/C=C\CCCC(=O)O[C@H](CO)COP(=O)(O)OCC[N+](C)(C)C. The van der Waals surface area contributed by atoms with Crippen LogP contribution in [-0.4, -0.2) is 74.1 Å². The molecule has 0 bridgehead atoms. The molecule has 1 unspecified atom stereocenters. The quantitative estimate of drug-likeness (QED) is 0.0599. The van der Waals surface area contributed by atoms with E-state index in [-0.39, 0.29) is 13.0 Å². The van der Waals surface area contributed by atoms with Crippen LogP contribution in [0.3, 0.4) is 0 Å². The largest absolute Gasteiger partial charge is 0.472 e. The molecule has 0 amide bonds. The number of carbonyl (C=O) groups excluding carboxylic acids is 1. The van der Waals surface area contributed by atoms with E-state index in [9.17, 15) is 19.4 Å². The van der Waals surface area contributed by atoms with Crippen molar-refractivity contribution < 1.29 is 37.6 Å². The molecule has 0 saturated heterocycles. The van der Waals surface area contributed by atoms with Gasteiger partial charge < -0.3 is 19.2 Å². The maximum absolute atomic E-state index is 12.0. The number of phosphoric ester groups is 1. The highest BCUT2D eigenvalue weighted by atomic mass is 31.2. The van der Waals surface area contributed by atoms with Crippen molar-refractivity contribution >= 4 is 13.8 Å². The molecule has 0 aliphatic carbocycles. The minimum atomic E-state index is -4.28. The summed E-state index contributed by atoms with van der Waals surface area (Å²) in [6, 6.07) is 0. The predicted molar refractivity (Wildman–Crippen MR) is 150 cm³/mol. The Morgan fingerprint density at radius 3 is 1.86 bits per heavy atom. The monoisotopic (exact) mass is 542 g/mol. The zero-order chi connectivity index (χ0) is 27.8. The lowest BCUT2D eigenvalue weighted by atomic mass is 10.2. The zero-order valence-corrected chi connectivity index (χ0v) is 24.1. The maximum Gasteiger partial charge on any atom is 0.472 e. The highest BCUT2D eigenvalue weighted by molar-refractivity contribution is 7.47. The molecule has 0 aliphatic rings. The number of aliphatic hydroxyl groups excluding tert-OH is 1. The van der Waals surface area contributed by atoms with Gasteiger partial charge in [0.2, 0.25) is 0 Å². The Labute approximate surface area is 224 Å². The number of ether oxygens (including phenoxy) is 1. The second kappa shape index (κ2) is 22.2. The van der Waals surface area contributed by atoms with Crippen LogP contribution in [0.25, 0.3) is 0 Å². The summed E-state index contributed by atoms with van der Waals surface area (Å²) in [6.45, 7) is 1.75. The predicted octanol–water partition coefficient (Wildman–Crippen LogP) is 5.65. The molecule has 0 spiro atoms. The number of esters is 1. The number of hydrogen-bond donors (Lipinski definition) is 2. The molecular formula is C28H49NO7P+. The van der Waals surface area contributed by atoms with Crippen LogP contribution in [0.15, 0.2) is 60.8 Å². The van der Waals surface area contributed by atoms with E-state index >= 15 is 0 Å². The second-order valence-electron chi connectivity index (χ2n) is 9.51. The summed E-state index contributed by atoms with van der Waals surface area (Å²) in [6.07, 6.45) is 26.6. The number of rotatable bonds is 22. The van der Waals surface area contributed by atoms with E-state index in [0.717, 1.165) is 38.5 Å². The van der Waals surface area contributed by atoms with Gasteiger partial charge in [-0.3, -0.25) is 13.8 Å². The van der Waals surface area contributed by atoms with Gasteiger partial charge in [0.25, 0.3) is 0 Å². The number of allylic oxidation sites excluding steroid dienone is 10. The first kappa shape index (κ1) is 35.2. The molecule has 0 heterocycles. The average Bonchev–Trinajstić information content (AvgIpc) is 2.82. The first-order valence-electron chi connectivity index (χ1n) is 13.1. The Morgan fingerprint density at radius 2 is 1.38 bits per heavy atom. The van der Waals surface area contributed by atoms with Crippen molar-refractivity contribution in [1.29, 1.82) is 0 Å². The molecule has 0 aliphatic heterocycles. The highest BCUT2D eigenvalue weighted by Gasteiger charge is 2.25. The molecule has 0 radical (unpaired) electrons. The summed E-state index contributed by atoms with van der Waals surface area (Å²) >= 11 is 0. The van der Waals surface area contributed by atoms with Gasteiger partial charge in [-0.15, -0.1) is 0 Å². The van der Waals surface area contributed by atoms with E-state index < -0.39 is 33.1 Å². The van der Waals surface area contributed by atoms with E-state index in [1.807, 2.05) is 27.2 Å². The van der Waals surface area contributed by atoms with Crippen molar-refractivity contribution in [3.8, 4) is 0 Å². The van der Waals surface area contributed by atoms with E-state index in [4.69, 9.17) is 13.8 Å². The maximum atomic E-state index is 12.0. The van der Waals surface area contributed by atoms with Crippen LogP contribution in [0.4, 0.5) is 0 Å². The van der Waals surface area contributed by atoms with Gasteiger partial charge in [-0.25, -0.2) is 4.57 Å². The summed E-state index contributed by atoms with van der Waals surface area (Å²) in [5.41, 5.74) is 0. The lowest BCUT2D eigenvalue weighted by Crippen LogP contribution is -2.37. The fraction of sp³-hybridized carbons (Fsp3) is 0.607. The third-order valence-corrected chi connectivity index (χ3v) is 5.84. The minimum Gasteiger partial charge on any atom is -0.457 e. The topological polar surface area (TPSA) is 102 Å². The Morgan fingerprint density at radius 1 is 0.865 bits per heavy atom. The van der Waals surface area contributed by atoms with Crippen molar-refractivity contribution in [3.05, 3.63) is 60.8 Å². The molecule has 212 valence electrons. The van der Waals surface area contributed by atoms with Gasteiger partial charge in [-0.05, 0) is 44.9 Å². The lowest BCUT2D eigenvalue weighted by Gasteiger charge is -2.24. The molecular weight excluding hydrogens is 493 g/mol. The third-order valence-electron chi connectivity index (χ3n) is 4.85. The zero-order valence-electron chi connectivity index (χ0n) is 23.2. The molecule has 37 heavy (non-hydrogen) atoms. The summed E-state index contributed by atoms with van der Waals surface area (Å²) in [7, 11) is 1.50. The summed E-state index contributed by atoms with van der Waals surface area (Å²) < 4.78 is 27.4. The van der Waals surface area contributed by atoms with Crippen molar-refractivity contribution in [2.45, 2.75) is 64.4 Å². The van der Waals surface area contributed by atoms with Crippen molar-refractivity contribution in [3.63, 3.8) is 0 Å². The Kier molecular flexibility index (Phi) is 21.1. The Balaban J connectivity index is 3.94. The number of quaternary nitrogens is 1. The lowest BCUT2D eigenvalue weighted by molar-refractivity contribution is -0.870. The minimum absolute atomic E-state index is 0.0384. The van der Waals surface area contributed by atoms with E-state index in [1.54, 1.807) is 0 Å².